The molecule has 3 rings (SSSR count). The topological polar surface area (TPSA) is 61.4 Å². The number of nitrogens with zero attached hydrogens (tertiary/aromatic N) is 3. The number of methoxy groups -OCH3 is 2. The van der Waals surface area contributed by atoms with Gasteiger partial charge in [0.15, 0.2) is 5.96 Å². The zero-order chi connectivity index (χ0) is 20.5. The van der Waals surface area contributed by atoms with E-state index in [-0.39, 0.29) is 24.0 Å². The van der Waals surface area contributed by atoms with Crippen molar-refractivity contribution in [3.63, 3.8) is 0 Å². The van der Waals surface area contributed by atoms with Crippen molar-refractivity contribution in [2.24, 2.45) is 4.99 Å². The lowest BCUT2D eigenvalue weighted by Gasteiger charge is -2.27. The van der Waals surface area contributed by atoms with Gasteiger partial charge in [-0.05, 0) is 50.0 Å². The van der Waals surface area contributed by atoms with Crippen LogP contribution in [-0.2, 0) is 6.54 Å². The van der Waals surface area contributed by atoms with Gasteiger partial charge in [-0.3, -0.25) is 9.89 Å². The monoisotopic (exact) mass is 531 g/mol. The molecule has 2 aliphatic rings. The normalized spacial score (nSPS) is 20.5. The molecule has 1 unspecified atom stereocenters. The summed E-state index contributed by atoms with van der Waals surface area (Å²) in [6.07, 6.45) is 5.18. The quantitative estimate of drug-likeness (QED) is 0.306. The molecule has 0 spiro atoms. The number of benzene rings is 1. The van der Waals surface area contributed by atoms with E-state index in [4.69, 9.17) is 9.47 Å². The van der Waals surface area contributed by atoms with Crippen LogP contribution in [0.4, 0.5) is 0 Å². The third kappa shape index (κ3) is 7.77. The van der Waals surface area contributed by atoms with Gasteiger partial charge in [-0.2, -0.15) is 0 Å². The molecule has 8 heteroatoms. The van der Waals surface area contributed by atoms with E-state index >= 15 is 0 Å². The van der Waals surface area contributed by atoms with Crippen LogP contribution in [0.1, 0.15) is 31.2 Å². The van der Waals surface area contributed by atoms with Crippen molar-refractivity contribution in [3.05, 3.63) is 23.8 Å². The minimum Gasteiger partial charge on any atom is -0.497 e. The van der Waals surface area contributed by atoms with E-state index in [0.29, 0.717) is 6.04 Å². The highest BCUT2D eigenvalue weighted by Gasteiger charge is 2.23. The molecule has 2 aliphatic heterocycles. The lowest BCUT2D eigenvalue weighted by Crippen LogP contribution is -2.47. The van der Waals surface area contributed by atoms with E-state index in [1.807, 2.05) is 13.1 Å². The molecule has 2 saturated heterocycles. The lowest BCUT2D eigenvalue weighted by molar-refractivity contribution is 0.232. The Hall–Kier alpha value is -1.26. The summed E-state index contributed by atoms with van der Waals surface area (Å²) in [5.41, 5.74) is 1.21. The van der Waals surface area contributed by atoms with Crippen LogP contribution < -0.4 is 20.1 Å². The van der Waals surface area contributed by atoms with E-state index < -0.39 is 0 Å². The summed E-state index contributed by atoms with van der Waals surface area (Å²) in [6.45, 7) is 7.48. The summed E-state index contributed by atoms with van der Waals surface area (Å²) in [5, 5.41) is 7.08. The van der Waals surface area contributed by atoms with Gasteiger partial charge in [0.1, 0.15) is 11.5 Å². The molecule has 0 radical (unpaired) electrons. The van der Waals surface area contributed by atoms with Crippen molar-refractivity contribution in [2.45, 2.75) is 38.3 Å². The smallest absolute Gasteiger partial charge is 0.191 e. The van der Waals surface area contributed by atoms with Crippen molar-refractivity contribution in [2.75, 3.05) is 60.5 Å². The third-order valence-corrected chi connectivity index (χ3v) is 5.82. The maximum Gasteiger partial charge on any atom is 0.191 e. The van der Waals surface area contributed by atoms with Gasteiger partial charge < -0.3 is 25.0 Å². The minimum atomic E-state index is 0. The molecule has 1 aromatic rings. The van der Waals surface area contributed by atoms with Crippen molar-refractivity contribution in [1.82, 2.24) is 20.4 Å². The van der Waals surface area contributed by atoms with Crippen LogP contribution >= 0.6 is 24.0 Å². The molecular formula is C22H38IN5O2. The number of aliphatic imine (C=N–C) groups is 1. The second kappa shape index (κ2) is 13.2. The zero-order valence-corrected chi connectivity index (χ0v) is 21.0. The van der Waals surface area contributed by atoms with E-state index in [2.05, 4.69) is 37.6 Å². The molecule has 170 valence electrons. The Labute approximate surface area is 198 Å². The number of hydrogen-bond acceptors (Lipinski definition) is 5. The van der Waals surface area contributed by atoms with Crippen LogP contribution in [0, 0.1) is 0 Å². The van der Waals surface area contributed by atoms with Gasteiger partial charge in [0.25, 0.3) is 0 Å². The lowest BCUT2D eigenvalue weighted by atomic mass is 10.1. The van der Waals surface area contributed by atoms with E-state index in [0.717, 1.165) is 56.6 Å². The van der Waals surface area contributed by atoms with Crippen molar-refractivity contribution < 1.29 is 9.47 Å². The van der Waals surface area contributed by atoms with Gasteiger partial charge >= 0.3 is 0 Å². The first-order valence-electron chi connectivity index (χ1n) is 10.8. The standard InChI is InChI=1S/C22H37N5O2.HI/c1-23-22(24-8-12-26-9-5-4-6-10-26)25-19-7-11-27(17-19)16-18-13-20(28-2)15-21(14-18)29-3;/h13-15,19H,4-12,16-17H2,1-3H3,(H2,23,24,25);1H. The number of nitrogens with one attached hydrogen (secondary N) is 2. The minimum absolute atomic E-state index is 0. The molecule has 2 N–H and O–H groups in total. The molecular weight excluding hydrogens is 493 g/mol. The third-order valence-electron chi connectivity index (χ3n) is 5.82. The Bertz CT molecular complexity index is 645. The molecule has 7 nitrogen and oxygen atoms in total. The second-order valence-electron chi connectivity index (χ2n) is 7.99. The fourth-order valence-electron chi connectivity index (χ4n) is 4.21. The van der Waals surface area contributed by atoms with Crippen molar-refractivity contribution in [1.29, 1.82) is 0 Å². The fraction of sp³-hybridized carbons (Fsp3) is 0.682. The van der Waals surface area contributed by atoms with Gasteiger partial charge in [0.2, 0.25) is 0 Å². The summed E-state index contributed by atoms with van der Waals surface area (Å²) in [4.78, 5) is 9.42. The maximum absolute atomic E-state index is 5.39. The summed E-state index contributed by atoms with van der Waals surface area (Å²) < 4.78 is 10.8. The Morgan fingerprint density at radius 3 is 2.37 bits per heavy atom. The SMILES string of the molecule is CN=C(NCCN1CCCCC1)NC1CCN(Cc2cc(OC)cc(OC)c2)C1.I. The average Bonchev–Trinajstić information content (AvgIpc) is 3.20. The largest absolute Gasteiger partial charge is 0.497 e. The molecule has 0 aromatic heterocycles. The van der Waals surface area contributed by atoms with Crippen LogP contribution in [0.5, 0.6) is 11.5 Å². The number of rotatable bonds is 8. The van der Waals surface area contributed by atoms with Crippen molar-refractivity contribution in [3.8, 4) is 11.5 Å². The summed E-state index contributed by atoms with van der Waals surface area (Å²) >= 11 is 0. The van der Waals surface area contributed by atoms with E-state index in [1.165, 1.54) is 37.9 Å². The van der Waals surface area contributed by atoms with Crippen LogP contribution in [0.2, 0.25) is 0 Å². The highest BCUT2D eigenvalue weighted by Crippen LogP contribution is 2.24. The highest BCUT2D eigenvalue weighted by atomic mass is 127. The molecule has 2 fully saturated rings. The molecule has 0 bridgehead atoms. The van der Waals surface area contributed by atoms with Crippen LogP contribution in [-0.4, -0.2) is 82.3 Å². The molecule has 1 atom stereocenters. The van der Waals surface area contributed by atoms with E-state index in [1.54, 1.807) is 14.2 Å². The van der Waals surface area contributed by atoms with Gasteiger partial charge in [-0.1, -0.05) is 6.42 Å². The first-order valence-corrected chi connectivity index (χ1v) is 10.8. The summed E-state index contributed by atoms with van der Waals surface area (Å²) in [5.74, 6) is 2.59. The molecule has 0 saturated carbocycles. The zero-order valence-electron chi connectivity index (χ0n) is 18.7. The molecule has 0 aliphatic carbocycles. The number of guanidine groups is 1. The Morgan fingerprint density at radius 2 is 1.73 bits per heavy atom. The maximum atomic E-state index is 5.39. The predicted octanol–water partition coefficient (Wildman–Crippen LogP) is 2.55. The van der Waals surface area contributed by atoms with Crippen LogP contribution in [0.25, 0.3) is 0 Å². The first kappa shape index (κ1) is 25.0. The Balaban J connectivity index is 0.00000320. The van der Waals surface area contributed by atoms with E-state index in [9.17, 15) is 0 Å². The second-order valence-corrected chi connectivity index (χ2v) is 7.99. The van der Waals surface area contributed by atoms with Gasteiger partial charge in [0, 0.05) is 51.9 Å². The van der Waals surface area contributed by atoms with Crippen molar-refractivity contribution >= 4 is 29.9 Å². The van der Waals surface area contributed by atoms with Crippen LogP contribution in [0.15, 0.2) is 23.2 Å². The fourth-order valence-corrected chi connectivity index (χ4v) is 4.21. The predicted molar refractivity (Wildman–Crippen MR) is 133 cm³/mol. The van der Waals surface area contributed by atoms with Gasteiger partial charge in [0.05, 0.1) is 14.2 Å². The average molecular weight is 531 g/mol. The Kier molecular flexibility index (Phi) is 11.0. The molecule has 0 amide bonds. The molecule has 1 aromatic carbocycles. The van der Waals surface area contributed by atoms with Crippen LogP contribution in [0.3, 0.4) is 0 Å². The molecule has 2 heterocycles. The number of hydrogen-bond donors (Lipinski definition) is 2. The number of ether oxygens (including phenoxy) is 2. The first-order chi connectivity index (χ1) is 14.2. The molecule has 30 heavy (non-hydrogen) atoms. The van der Waals surface area contributed by atoms with Gasteiger partial charge in [-0.15, -0.1) is 24.0 Å². The number of halogens is 1. The highest BCUT2D eigenvalue weighted by molar-refractivity contribution is 14.0. The van der Waals surface area contributed by atoms with Gasteiger partial charge in [-0.25, -0.2) is 0 Å². The Morgan fingerprint density at radius 1 is 1.03 bits per heavy atom. The number of piperidine rings is 1. The number of likely N-dealkylation sites (tertiary alicyclic amines) is 2. The summed E-state index contributed by atoms with van der Waals surface area (Å²) in [6, 6.07) is 6.51. The summed E-state index contributed by atoms with van der Waals surface area (Å²) in [7, 11) is 5.24.